The number of oxime groups is 1. The monoisotopic (exact) mass is 479 g/mol. The van der Waals surface area contributed by atoms with Crippen LogP contribution in [0, 0.1) is 17.0 Å². The van der Waals surface area contributed by atoms with Gasteiger partial charge in [0.2, 0.25) is 0 Å². The summed E-state index contributed by atoms with van der Waals surface area (Å²) >= 11 is 0. The second kappa shape index (κ2) is 9.22. The summed E-state index contributed by atoms with van der Waals surface area (Å²) in [7, 11) is 1.81. The minimum Gasteiger partial charge on any atom is -0.396 e. The van der Waals surface area contributed by atoms with Crippen LogP contribution >= 0.6 is 0 Å². The van der Waals surface area contributed by atoms with Crippen LogP contribution in [0.25, 0.3) is 0 Å². The first-order valence-corrected chi connectivity index (χ1v) is 11.6. The van der Waals surface area contributed by atoms with Crippen LogP contribution in [-0.4, -0.2) is 52.9 Å². The van der Waals surface area contributed by atoms with Crippen LogP contribution in [0.5, 0.6) is 0 Å². The maximum absolute atomic E-state index is 13.8. The highest BCUT2D eigenvalue weighted by molar-refractivity contribution is 6.11. The molecule has 2 fully saturated rings. The number of halogens is 2. The molecular formula is C26H27F2N5O2. The standard InChI is InChI=1S/C26H27F2N5O2/c1-3-35-30-25(19-8-9-20(27)21(28)11-19)22-10-7-18(12-29-22)13-32-14-26(15-32)16-33(17-26)23-5-4-6-24(34)31(23)2/h4-12H,3,13-17H2,1-2H3/b30-25+. The van der Waals surface area contributed by atoms with Crippen molar-refractivity contribution in [2.24, 2.45) is 17.6 Å². The Hall–Kier alpha value is -3.59. The van der Waals surface area contributed by atoms with Gasteiger partial charge in [0.1, 0.15) is 18.1 Å². The van der Waals surface area contributed by atoms with Crippen molar-refractivity contribution in [3.63, 3.8) is 0 Å². The van der Waals surface area contributed by atoms with Crippen LogP contribution in [0.2, 0.25) is 0 Å². The zero-order chi connectivity index (χ0) is 24.6. The summed E-state index contributed by atoms with van der Waals surface area (Å²) in [6, 6.07) is 12.8. The number of aromatic nitrogens is 2. The van der Waals surface area contributed by atoms with Gasteiger partial charge in [0.05, 0.1) is 5.69 Å². The van der Waals surface area contributed by atoms with E-state index < -0.39 is 11.6 Å². The van der Waals surface area contributed by atoms with E-state index in [1.54, 1.807) is 23.8 Å². The van der Waals surface area contributed by atoms with Gasteiger partial charge in [-0.15, -0.1) is 0 Å². The SMILES string of the molecule is CCO/N=C(\c1ccc(F)c(F)c1)c1ccc(CN2CC3(C2)CN(c2cccc(=O)n2C)C3)cn1. The Morgan fingerprint density at radius 3 is 2.57 bits per heavy atom. The normalized spacial score (nSPS) is 17.3. The lowest BCUT2D eigenvalue weighted by Crippen LogP contribution is -2.72. The van der Waals surface area contributed by atoms with Gasteiger partial charge in [-0.2, -0.15) is 0 Å². The molecule has 0 aliphatic carbocycles. The number of nitrogens with zero attached hydrogens (tertiary/aromatic N) is 5. The Morgan fingerprint density at radius 1 is 1.09 bits per heavy atom. The van der Waals surface area contributed by atoms with Crippen LogP contribution in [0.4, 0.5) is 14.6 Å². The number of benzene rings is 1. The Balaban J connectivity index is 1.20. The third kappa shape index (κ3) is 4.55. The van der Waals surface area contributed by atoms with Gasteiger partial charge >= 0.3 is 0 Å². The largest absolute Gasteiger partial charge is 0.396 e. The van der Waals surface area contributed by atoms with Crippen LogP contribution in [0.3, 0.4) is 0 Å². The van der Waals surface area contributed by atoms with Gasteiger partial charge in [0.25, 0.3) is 5.56 Å². The van der Waals surface area contributed by atoms with Gasteiger partial charge in [-0.1, -0.05) is 17.3 Å². The number of anilines is 1. The fraction of sp³-hybridized carbons (Fsp3) is 0.346. The van der Waals surface area contributed by atoms with E-state index in [2.05, 4.69) is 19.9 Å². The van der Waals surface area contributed by atoms with Gasteiger partial charge in [-0.3, -0.25) is 19.2 Å². The predicted molar refractivity (Wildman–Crippen MR) is 129 cm³/mol. The molecule has 3 aromatic rings. The van der Waals surface area contributed by atoms with E-state index >= 15 is 0 Å². The van der Waals surface area contributed by atoms with Crippen molar-refractivity contribution in [2.75, 3.05) is 37.7 Å². The highest BCUT2D eigenvalue weighted by atomic mass is 19.2. The minimum atomic E-state index is -0.945. The maximum Gasteiger partial charge on any atom is 0.251 e. The molecule has 182 valence electrons. The first-order valence-electron chi connectivity index (χ1n) is 11.6. The molecule has 2 aromatic heterocycles. The summed E-state index contributed by atoms with van der Waals surface area (Å²) in [5, 5.41) is 4.08. The number of rotatable bonds is 7. The number of hydrogen-bond acceptors (Lipinski definition) is 6. The first kappa shape index (κ1) is 23.2. The van der Waals surface area contributed by atoms with E-state index in [-0.39, 0.29) is 11.0 Å². The molecule has 4 heterocycles. The van der Waals surface area contributed by atoms with Crippen molar-refractivity contribution in [1.29, 1.82) is 0 Å². The van der Waals surface area contributed by atoms with Crippen LogP contribution < -0.4 is 10.5 Å². The Bertz CT molecular complexity index is 1310. The first-order chi connectivity index (χ1) is 16.9. The van der Waals surface area contributed by atoms with E-state index in [0.717, 1.165) is 56.2 Å². The molecule has 35 heavy (non-hydrogen) atoms. The molecule has 2 saturated heterocycles. The zero-order valence-corrected chi connectivity index (χ0v) is 19.7. The van der Waals surface area contributed by atoms with E-state index in [4.69, 9.17) is 4.84 Å². The molecule has 1 aromatic carbocycles. The summed E-state index contributed by atoms with van der Waals surface area (Å²) in [5.41, 5.74) is 2.62. The highest BCUT2D eigenvalue weighted by Crippen LogP contribution is 2.42. The molecule has 0 N–H and O–H groups in total. The minimum absolute atomic E-state index is 0.00801. The van der Waals surface area contributed by atoms with Gasteiger partial charge in [-0.25, -0.2) is 8.78 Å². The number of hydrogen-bond donors (Lipinski definition) is 0. The van der Waals surface area contributed by atoms with Crippen molar-refractivity contribution in [3.05, 3.63) is 93.5 Å². The molecule has 0 bridgehead atoms. The lowest BCUT2D eigenvalue weighted by molar-refractivity contribution is -0.0280. The Labute approximate surface area is 202 Å². The molecule has 0 saturated carbocycles. The molecule has 0 amide bonds. The van der Waals surface area contributed by atoms with Crippen molar-refractivity contribution in [1.82, 2.24) is 14.5 Å². The summed E-state index contributed by atoms with van der Waals surface area (Å²) in [6.07, 6.45) is 1.79. The average Bonchev–Trinajstić information content (AvgIpc) is 2.80. The van der Waals surface area contributed by atoms with E-state index in [0.29, 0.717) is 23.6 Å². The summed E-state index contributed by atoms with van der Waals surface area (Å²) in [4.78, 5) is 26.2. The Kier molecular flexibility index (Phi) is 6.10. The smallest absolute Gasteiger partial charge is 0.251 e. The van der Waals surface area contributed by atoms with Gasteiger partial charge in [0.15, 0.2) is 11.6 Å². The van der Waals surface area contributed by atoms with E-state index in [1.807, 2.05) is 31.3 Å². The molecule has 2 aliphatic rings. The van der Waals surface area contributed by atoms with Crippen LogP contribution in [0.15, 0.2) is 64.7 Å². The van der Waals surface area contributed by atoms with E-state index in [1.165, 1.54) is 6.07 Å². The number of likely N-dealkylation sites (tertiary alicyclic amines) is 1. The van der Waals surface area contributed by atoms with Gasteiger partial charge < -0.3 is 9.74 Å². The Morgan fingerprint density at radius 2 is 1.89 bits per heavy atom. The second-order valence-electron chi connectivity index (χ2n) is 9.32. The third-order valence-corrected chi connectivity index (χ3v) is 6.60. The average molecular weight is 480 g/mol. The van der Waals surface area contributed by atoms with Gasteiger partial charge in [0, 0.05) is 63.0 Å². The van der Waals surface area contributed by atoms with Crippen LogP contribution in [0.1, 0.15) is 23.7 Å². The lowest BCUT2D eigenvalue weighted by Gasteiger charge is -2.61. The third-order valence-electron chi connectivity index (χ3n) is 6.60. The molecular weight excluding hydrogens is 452 g/mol. The van der Waals surface area contributed by atoms with Gasteiger partial charge in [-0.05, 0) is 42.8 Å². The molecule has 1 spiro atoms. The predicted octanol–water partition coefficient (Wildman–Crippen LogP) is 3.17. The van der Waals surface area contributed by atoms with E-state index in [9.17, 15) is 13.6 Å². The quantitative estimate of drug-likeness (QED) is 0.385. The zero-order valence-electron chi connectivity index (χ0n) is 19.7. The summed E-state index contributed by atoms with van der Waals surface area (Å²) in [5.74, 6) is -0.895. The molecule has 5 rings (SSSR count). The molecule has 7 nitrogen and oxygen atoms in total. The second-order valence-corrected chi connectivity index (χ2v) is 9.32. The maximum atomic E-state index is 13.8. The number of pyridine rings is 2. The van der Waals surface area contributed by atoms with Crippen molar-refractivity contribution >= 4 is 11.5 Å². The van der Waals surface area contributed by atoms with Crippen molar-refractivity contribution in [2.45, 2.75) is 13.5 Å². The van der Waals surface area contributed by atoms with Crippen molar-refractivity contribution in [3.8, 4) is 0 Å². The fourth-order valence-corrected chi connectivity index (χ4v) is 4.95. The van der Waals surface area contributed by atoms with Crippen molar-refractivity contribution < 1.29 is 13.6 Å². The topological polar surface area (TPSA) is 63.0 Å². The molecule has 0 radical (unpaired) electrons. The molecule has 0 atom stereocenters. The highest BCUT2D eigenvalue weighted by Gasteiger charge is 2.51. The molecule has 0 unspecified atom stereocenters. The summed E-state index contributed by atoms with van der Waals surface area (Å²) < 4.78 is 28.8. The molecule has 2 aliphatic heterocycles. The fourth-order valence-electron chi connectivity index (χ4n) is 4.95. The lowest BCUT2D eigenvalue weighted by atomic mass is 9.72. The van der Waals surface area contributed by atoms with Crippen LogP contribution in [-0.2, 0) is 18.4 Å². The summed E-state index contributed by atoms with van der Waals surface area (Å²) in [6.45, 7) is 6.82. The molecule has 9 heteroatoms.